The lowest BCUT2D eigenvalue weighted by Gasteiger charge is -2.32. The van der Waals surface area contributed by atoms with Crippen molar-refractivity contribution in [2.45, 2.75) is 38.5 Å². The van der Waals surface area contributed by atoms with E-state index in [1.807, 2.05) is 32.6 Å². The summed E-state index contributed by atoms with van der Waals surface area (Å²) in [7, 11) is -3.44. The SMILES string of the molecule is Cc1cc(S(=O)(=O)N2CCN(c3nc(C(C)C)no3)CC2)c(C)s1. The van der Waals surface area contributed by atoms with Crippen molar-refractivity contribution in [3.05, 3.63) is 21.6 Å². The van der Waals surface area contributed by atoms with Crippen molar-refractivity contribution in [2.75, 3.05) is 31.1 Å². The van der Waals surface area contributed by atoms with Crippen molar-refractivity contribution >= 4 is 27.4 Å². The molecule has 1 fully saturated rings. The van der Waals surface area contributed by atoms with Crippen LogP contribution in [-0.2, 0) is 10.0 Å². The van der Waals surface area contributed by atoms with Crippen LogP contribution >= 0.6 is 11.3 Å². The highest BCUT2D eigenvalue weighted by molar-refractivity contribution is 7.89. The van der Waals surface area contributed by atoms with Gasteiger partial charge in [-0.15, -0.1) is 11.3 Å². The second-order valence-corrected chi connectivity index (χ2v) is 9.63. The molecule has 3 heterocycles. The van der Waals surface area contributed by atoms with Crippen molar-refractivity contribution in [1.82, 2.24) is 14.4 Å². The zero-order chi connectivity index (χ0) is 17.5. The lowest BCUT2D eigenvalue weighted by molar-refractivity contribution is 0.353. The van der Waals surface area contributed by atoms with Crippen molar-refractivity contribution in [2.24, 2.45) is 0 Å². The summed E-state index contributed by atoms with van der Waals surface area (Å²) >= 11 is 1.51. The molecule has 132 valence electrons. The number of aryl methyl sites for hydroxylation is 2. The minimum Gasteiger partial charge on any atom is -0.322 e. The van der Waals surface area contributed by atoms with Gasteiger partial charge in [-0.3, -0.25) is 0 Å². The molecular weight excluding hydrogens is 348 g/mol. The fourth-order valence-corrected chi connectivity index (χ4v) is 5.66. The Hall–Kier alpha value is -1.45. The first-order chi connectivity index (χ1) is 11.3. The maximum atomic E-state index is 12.8. The van der Waals surface area contributed by atoms with E-state index in [1.165, 1.54) is 15.6 Å². The molecule has 1 aliphatic rings. The molecule has 1 aliphatic heterocycles. The van der Waals surface area contributed by atoms with E-state index in [4.69, 9.17) is 4.52 Å². The van der Waals surface area contributed by atoms with Gasteiger partial charge in [0.25, 0.3) is 0 Å². The Morgan fingerprint density at radius 2 is 1.88 bits per heavy atom. The number of anilines is 1. The van der Waals surface area contributed by atoms with E-state index in [9.17, 15) is 8.42 Å². The highest BCUT2D eigenvalue weighted by Gasteiger charge is 2.32. The largest absolute Gasteiger partial charge is 0.324 e. The van der Waals surface area contributed by atoms with Gasteiger partial charge in [0.05, 0.1) is 4.90 Å². The molecule has 24 heavy (non-hydrogen) atoms. The summed E-state index contributed by atoms with van der Waals surface area (Å²) in [6.07, 6.45) is 0. The lowest BCUT2D eigenvalue weighted by atomic mass is 10.2. The van der Waals surface area contributed by atoms with Crippen molar-refractivity contribution in [1.29, 1.82) is 0 Å². The molecule has 3 rings (SSSR count). The lowest BCUT2D eigenvalue weighted by Crippen LogP contribution is -2.48. The monoisotopic (exact) mass is 370 g/mol. The number of nitrogens with zero attached hydrogens (tertiary/aromatic N) is 4. The van der Waals surface area contributed by atoms with Crippen LogP contribution in [0.25, 0.3) is 0 Å². The Bertz CT molecular complexity index is 818. The molecule has 0 amide bonds. The van der Waals surface area contributed by atoms with Gasteiger partial charge in [0.1, 0.15) is 0 Å². The van der Waals surface area contributed by atoms with Crippen LogP contribution < -0.4 is 4.90 Å². The van der Waals surface area contributed by atoms with Crippen LogP contribution in [0.3, 0.4) is 0 Å². The molecule has 0 aromatic carbocycles. The van der Waals surface area contributed by atoms with Crippen LogP contribution in [0.5, 0.6) is 0 Å². The number of sulfonamides is 1. The summed E-state index contributed by atoms with van der Waals surface area (Å²) in [6, 6.07) is 2.23. The smallest absolute Gasteiger partial charge is 0.322 e. The number of thiophene rings is 1. The number of hydrogen-bond acceptors (Lipinski definition) is 7. The highest BCUT2D eigenvalue weighted by atomic mass is 32.2. The highest BCUT2D eigenvalue weighted by Crippen LogP contribution is 2.28. The van der Waals surface area contributed by atoms with Gasteiger partial charge in [-0.1, -0.05) is 19.0 Å². The van der Waals surface area contributed by atoms with E-state index < -0.39 is 10.0 Å². The van der Waals surface area contributed by atoms with Crippen molar-refractivity contribution in [3.8, 4) is 0 Å². The van der Waals surface area contributed by atoms with Gasteiger partial charge in [-0.2, -0.15) is 9.29 Å². The first-order valence-corrected chi connectivity index (χ1v) is 10.2. The quantitative estimate of drug-likeness (QED) is 0.822. The molecular formula is C15H22N4O3S2. The molecule has 1 saturated heterocycles. The molecule has 0 N–H and O–H groups in total. The van der Waals surface area contributed by atoms with Gasteiger partial charge in [0, 0.05) is 41.9 Å². The second-order valence-electron chi connectivity index (χ2n) is 6.26. The molecule has 0 bridgehead atoms. The molecule has 0 saturated carbocycles. The van der Waals surface area contributed by atoms with Gasteiger partial charge in [-0.25, -0.2) is 8.42 Å². The van der Waals surface area contributed by atoms with Crippen LogP contribution in [0.1, 0.15) is 35.3 Å². The normalized spacial score (nSPS) is 17.0. The van der Waals surface area contributed by atoms with Gasteiger partial charge < -0.3 is 9.42 Å². The molecule has 0 aliphatic carbocycles. The van der Waals surface area contributed by atoms with E-state index in [1.54, 1.807) is 6.07 Å². The van der Waals surface area contributed by atoms with Crippen molar-refractivity contribution in [3.63, 3.8) is 0 Å². The Balaban J connectivity index is 1.71. The first-order valence-electron chi connectivity index (χ1n) is 7.95. The molecule has 0 atom stereocenters. The van der Waals surface area contributed by atoms with E-state index in [2.05, 4.69) is 10.1 Å². The average molecular weight is 371 g/mol. The molecule has 0 spiro atoms. The minimum atomic E-state index is -3.44. The van der Waals surface area contributed by atoms with E-state index in [0.717, 1.165) is 9.75 Å². The average Bonchev–Trinajstić information content (AvgIpc) is 3.14. The van der Waals surface area contributed by atoms with Crippen LogP contribution in [-0.4, -0.2) is 49.0 Å². The van der Waals surface area contributed by atoms with E-state index in [-0.39, 0.29) is 5.92 Å². The van der Waals surface area contributed by atoms with Gasteiger partial charge in [0.15, 0.2) is 5.82 Å². The number of aromatic nitrogens is 2. The third-order valence-corrected chi connectivity index (χ3v) is 7.19. The topological polar surface area (TPSA) is 79.5 Å². The standard InChI is InChI=1S/C15H22N4O3S2/c1-10(2)14-16-15(22-17-14)18-5-7-19(8-6-18)24(20,21)13-9-11(3)23-12(13)4/h9-10H,5-8H2,1-4H3. The molecule has 0 radical (unpaired) electrons. The Morgan fingerprint density at radius 1 is 1.21 bits per heavy atom. The molecule has 7 nitrogen and oxygen atoms in total. The summed E-state index contributed by atoms with van der Waals surface area (Å²) in [5, 5.41) is 3.96. The Morgan fingerprint density at radius 3 is 2.38 bits per heavy atom. The third kappa shape index (κ3) is 3.20. The van der Waals surface area contributed by atoms with E-state index >= 15 is 0 Å². The maximum Gasteiger partial charge on any atom is 0.324 e. The number of hydrogen-bond donors (Lipinski definition) is 0. The molecule has 2 aromatic rings. The Labute approximate surface area is 146 Å². The summed E-state index contributed by atoms with van der Waals surface area (Å²) in [6.45, 7) is 9.70. The van der Waals surface area contributed by atoms with Gasteiger partial charge >= 0.3 is 6.01 Å². The third-order valence-electron chi connectivity index (χ3n) is 4.07. The fourth-order valence-electron chi connectivity index (χ4n) is 2.71. The van der Waals surface area contributed by atoms with Crippen LogP contribution in [0.4, 0.5) is 6.01 Å². The van der Waals surface area contributed by atoms with Crippen LogP contribution in [0.15, 0.2) is 15.5 Å². The zero-order valence-corrected chi connectivity index (χ0v) is 15.9. The number of rotatable bonds is 4. The van der Waals surface area contributed by atoms with Crippen LogP contribution in [0.2, 0.25) is 0 Å². The predicted octanol–water partition coefficient (Wildman–Crippen LogP) is 2.38. The van der Waals surface area contributed by atoms with Gasteiger partial charge in [0.2, 0.25) is 10.0 Å². The fraction of sp³-hybridized carbons (Fsp3) is 0.600. The van der Waals surface area contributed by atoms with Crippen molar-refractivity contribution < 1.29 is 12.9 Å². The molecule has 0 unspecified atom stereocenters. The summed E-state index contributed by atoms with van der Waals surface area (Å²) in [5.74, 6) is 0.874. The summed E-state index contributed by atoms with van der Waals surface area (Å²) < 4.78 is 32.5. The predicted molar refractivity (Wildman–Crippen MR) is 93.2 cm³/mol. The molecule has 2 aromatic heterocycles. The van der Waals surface area contributed by atoms with E-state index in [0.29, 0.717) is 42.9 Å². The summed E-state index contributed by atoms with van der Waals surface area (Å²) in [5.41, 5.74) is 0. The first kappa shape index (κ1) is 17.4. The van der Waals surface area contributed by atoms with Gasteiger partial charge in [-0.05, 0) is 19.9 Å². The Kier molecular flexibility index (Phi) is 4.67. The van der Waals surface area contributed by atoms with Crippen LogP contribution in [0, 0.1) is 13.8 Å². The second kappa shape index (κ2) is 6.45. The number of piperazine rings is 1. The zero-order valence-electron chi connectivity index (χ0n) is 14.3. The minimum absolute atomic E-state index is 0.203. The molecule has 9 heteroatoms. The maximum absolute atomic E-state index is 12.8. The summed E-state index contributed by atoms with van der Waals surface area (Å²) in [4.78, 5) is 8.60.